The highest BCUT2D eigenvalue weighted by molar-refractivity contribution is 7.18. The first-order chi connectivity index (χ1) is 14.7. The van der Waals surface area contributed by atoms with Crippen molar-refractivity contribution in [3.05, 3.63) is 51.4 Å². The van der Waals surface area contributed by atoms with Gasteiger partial charge in [0.15, 0.2) is 11.5 Å². The average Bonchev–Trinajstić information content (AvgIpc) is 3.16. The summed E-state index contributed by atoms with van der Waals surface area (Å²) in [6, 6.07) is 7.49. The van der Waals surface area contributed by atoms with Gasteiger partial charge >= 0.3 is 0 Å². The highest BCUT2D eigenvalue weighted by Crippen LogP contribution is 2.33. The molecule has 2 aliphatic rings. The van der Waals surface area contributed by atoms with E-state index in [4.69, 9.17) is 9.47 Å². The number of carbonyl (C=O) groups is 1. The van der Waals surface area contributed by atoms with Crippen molar-refractivity contribution in [3.63, 3.8) is 0 Å². The molecule has 0 saturated carbocycles. The Bertz CT molecular complexity index is 1150. The third-order valence-corrected chi connectivity index (χ3v) is 6.82. The molecule has 156 valence electrons. The number of aromatic nitrogens is 2. The number of hydrogen-bond acceptors (Lipinski definition) is 6. The van der Waals surface area contributed by atoms with Gasteiger partial charge in [-0.3, -0.25) is 14.2 Å². The summed E-state index contributed by atoms with van der Waals surface area (Å²) in [6.07, 6.45) is 5.82. The van der Waals surface area contributed by atoms with Crippen LogP contribution in [0, 0.1) is 0 Å². The normalized spacial score (nSPS) is 17.5. The first-order valence-corrected chi connectivity index (χ1v) is 11.2. The summed E-state index contributed by atoms with van der Waals surface area (Å²) < 4.78 is 13.1. The number of carbonyl (C=O) groups excluding carboxylic acids is 1. The van der Waals surface area contributed by atoms with Crippen molar-refractivity contribution in [2.45, 2.75) is 44.8 Å². The third kappa shape index (κ3) is 3.67. The summed E-state index contributed by atoms with van der Waals surface area (Å²) >= 11 is 1.64. The second kappa shape index (κ2) is 8.10. The van der Waals surface area contributed by atoms with Gasteiger partial charge in [-0.2, -0.15) is 0 Å². The van der Waals surface area contributed by atoms with Crippen LogP contribution >= 0.6 is 11.3 Å². The van der Waals surface area contributed by atoms with E-state index in [1.165, 1.54) is 16.9 Å². The first kappa shape index (κ1) is 19.1. The molecule has 0 bridgehead atoms. The lowest BCUT2D eigenvalue weighted by atomic mass is 9.97. The lowest BCUT2D eigenvalue weighted by Crippen LogP contribution is -2.41. The van der Waals surface area contributed by atoms with Crippen LogP contribution in [-0.4, -0.2) is 34.7 Å². The van der Waals surface area contributed by atoms with Crippen molar-refractivity contribution in [1.29, 1.82) is 0 Å². The van der Waals surface area contributed by atoms with Crippen LogP contribution < -0.4 is 20.3 Å². The Labute approximate surface area is 177 Å². The number of aryl methyl sites for hydroxylation is 3. The molecule has 1 aromatic carbocycles. The van der Waals surface area contributed by atoms with Crippen molar-refractivity contribution < 1.29 is 14.3 Å². The smallest absolute Gasteiger partial charge is 0.262 e. The molecule has 3 aromatic rings. The van der Waals surface area contributed by atoms with Crippen LogP contribution in [0.15, 0.2) is 35.4 Å². The van der Waals surface area contributed by atoms with E-state index in [1.54, 1.807) is 22.2 Å². The second-order valence-electron chi connectivity index (χ2n) is 7.69. The van der Waals surface area contributed by atoms with Gasteiger partial charge < -0.3 is 14.8 Å². The van der Waals surface area contributed by atoms with Crippen LogP contribution in [0.2, 0.25) is 0 Å². The van der Waals surface area contributed by atoms with E-state index in [0.29, 0.717) is 25.4 Å². The molecule has 1 aliphatic carbocycles. The van der Waals surface area contributed by atoms with Gasteiger partial charge in [0.2, 0.25) is 5.91 Å². The van der Waals surface area contributed by atoms with E-state index < -0.39 is 0 Å². The molecular formula is C22H23N3O4S. The SMILES string of the molecule is O=C(CCn1cnc2sc3c(c2c1=O)CCCC3)NC[C@H]1COc2ccccc2O1. The number of nitrogens with one attached hydrogen (secondary N) is 1. The van der Waals surface area contributed by atoms with Gasteiger partial charge in [-0.25, -0.2) is 4.98 Å². The number of fused-ring (bicyclic) bond motifs is 4. The Balaban J connectivity index is 1.19. The maximum absolute atomic E-state index is 13.0. The van der Waals surface area contributed by atoms with Crippen molar-refractivity contribution >= 4 is 27.5 Å². The van der Waals surface area contributed by atoms with Gasteiger partial charge in [0.25, 0.3) is 5.56 Å². The van der Waals surface area contributed by atoms with E-state index in [2.05, 4.69) is 10.3 Å². The van der Waals surface area contributed by atoms with Crippen molar-refractivity contribution in [3.8, 4) is 11.5 Å². The van der Waals surface area contributed by atoms with Gasteiger partial charge in [0, 0.05) is 17.8 Å². The quantitative estimate of drug-likeness (QED) is 0.680. The third-order valence-electron chi connectivity index (χ3n) is 5.62. The molecule has 1 amide bonds. The Morgan fingerprint density at radius 3 is 2.97 bits per heavy atom. The van der Waals surface area contributed by atoms with E-state index in [-0.39, 0.29) is 24.0 Å². The number of nitrogens with zero attached hydrogens (tertiary/aromatic N) is 2. The van der Waals surface area contributed by atoms with Crippen LogP contribution in [0.3, 0.4) is 0 Å². The minimum Gasteiger partial charge on any atom is -0.486 e. The number of para-hydroxylation sites is 2. The van der Waals surface area contributed by atoms with Crippen LogP contribution in [0.1, 0.15) is 29.7 Å². The predicted molar refractivity (Wildman–Crippen MR) is 115 cm³/mol. The van der Waals surface area contributed by atoms with Gasteiger partial charge in [-0.05, 0) is 43.4 Å². The Kier molecular flexibility index (Phi) is 5.16. The summed E-state index contributed by atoms with van der Waals surface area (Å²) in [7, 11) is 0. The number of hydrogen-bond donors (Lipinski definition) is 1. The molecule has 3 heterocycles. The zero-order chi connectivity index (χ0) is 20.5. The van der Waals surface area contributed by atoms with Crippen LogP contribution in [-0.2, 0) is 24.2 Å². The summed E-state index contributed by atoms with van der Waals surface area (Å²) in [5.74, 6) is 1.28. The van der Waals surface area contributed by atoms with Crippen molar-refractivity contribution in [2.75, 3.05) is 13.2 Å². The second-order valence-corrected chi connectivity index (χ2v) is 8.77. The molecule has 30 heavy (non-hydrogen) atoms. The molecule has 0 fully saturated rings. The van der Waals surface area contributed by atoms with Crippen LogP contribution in [0.25, 0.3) is 10.2 Å². The Morgan fingerprint density at radius 1 is 1.23 bits per heavy atom. The summed E-state index contributed by atoms with van der Waals surface area (Å²) in [6.45, 7) is 1.06. The first-order valence-electron chi connectivity index (χ1n) is 10.3. The molecule has 0 saturated heterocycles. The molecule has 8 heteroatoms. The zero-order valence-electron chi connectivity index (χ0n) is 16.6. The number of ether oxygens (including phenoxy) is 2. The zero-order valence-corrected chi connectivity index (χ0v) is 17.4. The molecule has 0 radical (unpaired) electrons. The Hall–Kier alpha value is -2.87. The molecule has 0 unspecified atom stereocenters. The largest absolute Gasteiger partial charge is 0.486 e. The summed E-state index contributed by atoms with van der Waals surface area (Å²) in [5, 5.41) is 3.63. The summed E-state index contributed by atoms with van der Waals surface area (Å²) in [5.41, 5.74) is 1.14. The highest BCUT2D eigenvalue weighted by Gasteiger charge is 2.22. The minimum absolute atomic E-state index is 0.0344. The standard InChI is InChI=1S/C22H23N3O4S/c26-19(23-11-14-12-28-16-6-2-3-7-17(16)29-14)9-10-25-13-24-21-20(22(25)27)15-5-1-4-8-18(15)30-21/h2-3,6-7,13-14H,1,4-5,8-12H2,(H,23,26)/t14-/m0/s1. The lowest BCUT2D eigenvalue weighted by Gasteiger charge is -2.26. The van der Waals surface area contributed by atoms with E-state index in [1.807, 2.05) is 24.3 Å². The fourth-order valence-corrected chi connectivity index (χ4v) is 5.26. The molecular weight excluding hydrogens is 402 g/mol. The fourth-order valence-electron chi connectivity index (χ4n) is 4.04. The maximum Gasteiger partial charge on any atom is 0.262 e. The molecule has 2 aromatic heterocycles. The molecule has 0 spiro atoms. The fraction of sp³-hybridized carbons (Fsp3) is 0.409. The van der Waals surface area contributed by atoms with Gasteiger partial charge in [0.1, 0.15) is 17.5 Å². The molecule has 1 atom stereocenters. The van der Waals surface area contributed by atoms with Crippen LogP contribution in [0.5, 0.6) is 11.5 Å². The van der Waals surface area contributed by atoms with Crippen molar-refractivity contribution in [1.82, 2.24) is 14.9 Å². The van der Waals surface area contributed by atoms with E-state index in [9.17, 15) is 9.59 Å². The lowest BCUT2D eigenvalue weighted by molar-refractivity contribution is -0.121. The van der Waals surface area contributed by atoms with Gasteiger partial charge in [-0.15, -0.1) is 11.3 Å². The van der Waals surface area contributed by atoms with Gasteiger partial charge in [-0.1, -0.05) is 12.1 Å². The monoisotopic (exact) mass is 425 g/mol. The number of benzene rings is 1. The molecule has 5 rings (SSSR count). The average molecular weight is 426 g/mol. The van der Waals surface area contributed by atoms with Crippen molar-refractivity contribution in [2.24, 2.45) is 0 Å². The maximum atomic E-state index is 13.0. The number of thiophene rings is 1. The minimum atomic E-state index is -0.234. The molecule has 7 nitrogen and oxygen atoms in total. The van der Waals surface area contributed by atoms with E-state index in [0.717, 1.165) is 35.2 Å². The predicted octanol–water partition coefficient (Wildman–Crippen LogP) is 2.68. The number of rotatable bonds is 5. The molecule has 1 N–H and O–H groups in total. The highest BCUT2D eigenvalue weighted by atomic mass is 32.1. The Morgan fingerprint density at radius 2 is 2.07 bits per heavy atom. The molecule has 1 aliphatic heterocycles. The topological polar surface area (TPSA) is 82.5 Å². The van der Waals surface area contributed by atoms with Crippen LogP contribution in [0.4, 0.5) is 0 Å². The number of amides is 1. The van der Waals surface area contributed by atoms with E-state index >= 15 is 0 Å². The van der Waals surface area contributed by atoms with Gasteiger partial charge in [0.05, 0.1) is 18.3 Å². The summed E-state index contributed by atoms with van der Waals surface area (Å²) in [4.78, 5) is 31.9.